The highest BCUT2D eigenvalue weighted by Gasteiger charge is 2.32. The first kappa shape index (κ1) is 25.1. The molecule has 0 amide bonds. The summed E-state index contributed by atoms with van der Waals surface area (Å²) in [4.78, 5) is 24.3. The average molecular weight is 509 g/mol. The van der Waals surface area contributed by atoms with Crippen molar-refractivity contribution in [3.8, 4) is 11.3 Å². The number of aliphatic hydroxyl groups is 1. The molecule has 13 heteroatoms. The lowest BCUT2D eigenvalue weighted by Crippen LogP contribution is -2.51. The fourth-order valence-electron chi connectivity index (χ4n) is 4.24. The number of carbonyl (C=O) groups is 1. The fourth-order valence-corrected chi connectivity index (χ4v) is 5.10. The topological polar surface area (TPSA) is 130 Å². The molecule has 10 nitrogen and oxygen atoms in total. The molecule has 3 aromatic rings. The predicted octanol–water partition coefficient (Wildman–Crippen LogP) is 2.36. The van der Waals surface area contributed by atoms with Crippen LogP contribution in [0.4, 0.5) is 14.7 Å². The molecule has 1 fully saturated rings. The van der Waals surface area contributed by atoms with Crippen LogP contribution in [0.15, 0.2) is 18.3 Å². The zero-order valence-corrected chi connectivity index (χ0v) is 20.5. The lowest BCUT2D eigenvalue weighted by Gasteiger charge is -2.34. The predicted molar refractivity (Wildman–Crippen MR) is 126 cm³/mol. The number of β-amino-alcohol motifs (C(OH)–C–C–N with tert-alkyl or cyclic N) is 1. The molecule has 4 rings (SSSR count). The average Bonchev–Trinajstić information content (AvgIpc) is 3.16. The van der Waals surface area contributed by atoms with E-state index >= 15 is 0 Å². The van der Waals surface area contributed by atoms with E-state index in [1.807, 2.05) is 13.8 Å². The van der Waals surface area contributed by atoms with Crippen LogP contribution in [0.1, 0.15) is 43.9 Å². The lowest BCUT2D eigenvalue weighted by atomic mass is 10.0. The summed E-state index contributed by atoms with van der Waals surface area (Å²) in [5, 5.41) is 13.3. The van der Waals surface area contributed by atoms with E-state index in [0.717, 1.165) is 18.5 Å². The minimum atomic E-state index is -3.44. The van der Waals surface area contributed by atoms with Gasteiger partial charge in [-0.2, -0.15) is 4.31 Å². The Balaban J connectivity index is 1.69. The first-order valence-corrected chi connectivity index (χ1v) is 12.9. The SMILES string of the molecule is CC(=O)c1nc2c(F)cc(-c3nc(N[C@@H]4CCN(S(C)(=O)=O)C[C@H]4O)ncc3F)cc2n1C(C)C. The highest BCUT2D eigenvalue weighted by molar-refractivity contribution is 7.88. The maximum absolute atomic E-state index is 15.0. The van der Waals surface area contributed by atoms with Crippen molar-refractivity contribution in [1.29, 1.82) is 0 Å². The van der Waals surface area contributed by atoms with Crippen molar-refractivity contribution < 1.29 is 27.1 Å². The number of benzene rings is 1. The highest BCUT2D eigenvalue weighted by Crippen LogP contribution is 2.31. The summed E-state index contributed by atoms with van der Waals surface area (Å²) in [6, 6.07) is 1.84. The zero-order valence-electron chi connectivity index (χ0n) is 19.7. The number of ketones is 1. The molecule has 0 bridgehead atoms. The molecule has 0 saturated carbocycles. The third kappa shape index (κ3) is 4.88. The molecular weight excluding hydrogens is 482 g/mol. The summed E-state index contributed by atoms with van der Waals surface area (Å²) in [5.41, 5.74) is 0.284. The summed E-state index contributed by atoms with van der Waals surface area (Å²) in [6.07, 6.45) is 1.26. The molecule has 2 atom stereocenters. The Morgan fingerprint density at radius 2 is 1.94 bits per heavy atom. The molecule has 0 aliphatic carbocycles. The minimum absolute atomic E-state index is 0.000512. The first-order chi connectivity index (χ1) is 16.4. The van der Waals surface area contributed by atoms with Crippen LogP contribution in [-0.2, 0) is 10.0 Å². The van der Waals surface area contributed by atoms with Gasteiger partial charge in [0.2, 0.25) is 16.0 Å². The largest absolute Gasteiger partial charge is 0.390 e. The highest BCUT2D eigenvalue weighted by atomic mass is 32.2. The van der Waals surface area contributed by atoms with Crippen molar-refractivity contribution in [3.05, 3.63) is 35.8 Å². The third-order valence-corrected chi connectivity index (χ3v) is 7.20. The van der Waals surface area contributed by atoms with Crippen molar-refractivity contribution in [1.82, 2.24) is 23.8 Å². The maximum atomic E-state index is 15.0. The Labute approximate surface area is 201 Å². The van der Waals surface area contributed by atoms with E-state index in [-0.39, 0.29) is 59.9 Å². The zero-order chi connectivity index (χ0) is 25.7. The van der Waals surface area contributed by atoms with Crippen LogP contribution < -0.4 is 5.32 Å². The number of rotatable bonds is 6. The number of aromatic nitrogens is 4. The van der Waals surface area contributed by atoms with E-state index < -0.39 is 33.8 Å². The Kier molecular flexibility index (Phi) is 6.60. The van der Waals surface area contributed by atoms with E-state index in [2.05, 4.69) is 20.3 Å². The van der Waals surface area contributed by atoms with Gasteiger partial charge < -0.3 is 15.0 Å². The van der Waals surface area contributed by atoms with Gasteiger partial charge in [-0.1, -0.05) is 0 Å². The Morgan fingerprint density at radius 3 is 2.54 bits per heavy atom. The first-order valence-electron chi connectivity index (χ1n) is 11.0. The van der Waals surface area contributed by atoms with Crippen molar-refractivity contribution in [2.75, 3.05) is 24.7 Å². The summed E-state index contributed by atoms with van der Waals surface area (Å²) in [6.45, 7) is 5.10. The number of aliphatic hydroxyl groups excluding tert-OH is 1. The summed E-state index contributed by atoms with van der Waals surface area (Å²) < 4.78 is 56.0. The van der Waals surface area contributed by atoms with Gasteiger partial charge in [-0.05, 0) is 32.4 Å². The molecule has 1 aromatic carbocycles. The van der Waals surface area contributed by atoms with Crippen LogP contribution in [0.2, 0.25) is 0 Å². The van der Waals surface area contributed by atoms with Crippen LogP contribution in [0.25, 0.3) is 22.3 Å². The third-order valence-electron chi connectivity index (χ3n) is 5.93. The Morgan fingerprint density at radius 1 is 1.23 bits per heavy atom. The second kappa shape index (κ2) is 9.21. The number of nitrogens with one attached hydrogen (secondary N) is 1. The van der Waals surface area contributed by atoms with Gasteiger partial charge in [0.15, 0.2) is 23.2 Å². The summed E-state index contributed by atoms with van der Waals surface area (Å²) in [7, 11) is -3.44. The lowest BCUT2D eigenvalue weighted by molar-refractivity contribution is 0.0950. The van der Waals surface area contributed by atoms with E-state index in [1.54, 1.807) is 4.57 Å². The number of nitrogens with zero attached hydrogens (tertiary/aromatic N) is 5. The number of halogens is 2. The number of Topliss-reactive ketones (excluding diaryl/α,β-unsaturated/α-hetero) is 1. The molecule has 0 radical (unpaired) electrons. The van der Waals surface area contributed by atoms with Crippen LogP contribution in [0.3, 0.4) is 0 Å². The van der Waals surface area contributed by atoms with Gasteiger partial charge in [-0.3, -0.25) is 4.79 Å². The quantitative estimate of drug-likeness (QED) is 0.486. The number of fused-ring (bicyclic) bond motifs is 1. The van der Waals surface area contributed by atoms with Gasteiger partial charge in [-0.25, -0.2) is 32.2 Å². The van der Waals surface area contributed by atoms with Gasteiger partial charge in [0.1, 0.15) is 11.2 Å². The number of carbonyl (C=O) groups excluding carboxylic acids is 1. The van der Waals surface area contributed by atoms with Crippen molar-refractivity contribution in [2.45, 2.75) is 45.4 Å². The van der Waals surface area contributed by atoms with Crippen LogP contribution >= 0.6 is 0 Å². The van der Waals surface area contributed by atoms with Crippen molar-refractivity contribution in [2.24, 2.45) is 0 Å². The number of sulfonamides is 1. The normalized spacial score (nSPS) is 19.4. The van der Waals surface area contributed by atoms with Crippen LogP contribution in [0.5, 0.6) is 0 Å². The van der Waals surface area contributed by atoms with Crippen molar-refractivity contribution in [3.63, 3.8) is 0 Å². The summed E-state index contributed by atoms with van der Waals surface area (Å²) in [5.74, 6) is -1.73. The number of hydrogen-bond donors (Lipinski definition) is 2. The Hall–Kier alpha value is -3.03. The van der Waals surface area contributed by atoms with Gasteiger partial charge >= 0.3 is 0 Å². The second-order valence-corrected chi connectivity index (χ2v) is 10.9. The molecule has 35 heavy (non-hydrogen) atoms. The minimum Gasteiger partial charge on any atom is -0.390 e. The van der Waals surface area contributed by atoms with Crippen LogP contribution in [0, 0.1) is 11.6 Å². The molecule has 1 aliphatic heterocycles. The van der Waals surface area contributed by atoms with E-state index in [0.29, 0.717) is 5.52 Å². The van der Waals surface area contributed by atoms with E-state index in [9.17, 15) is 27.1 Å². The molecule has 2 N–H and O–H groups in total. The van der Waals surface area contributed by atoms with Crippen molar-refractivity contribution >= 4 is 32.8 Å². The second-order valence-electron chi connectivity index (χ2n) is 8.90. The summed E-state index contributed by atoms with van der Waals surface area (Å²) >= 11 is 0. The molecule has 1 saturated heterocycles. The maximum Gasteiger partial charge on any atom is 0.223 e. The molecule has 1 aliphatic rings. The smallest absolute Gasteiger partial charge is 0.223 e. The molecular formula is C22H26F2N6O4S. The number of hydrogen-bond acceptors (Lipinski definition) is 8. The molecule has 0 spiro atoms. The van der Waals surface area contributed by atoms with E-state index in [4.69, 9.17) is 0 Å². The number of imidazole rings is 1. The standard InChI is InChI=1S/C22H26F2N6O4S/c1-11(2)30-17-8-13(7-14(23)20(17)27-21(30)12(3)31)19-15(24)9-25-22(28-19)26-16-5-6-29(10-18(16)32)35(4,33)34/h7-9,11,16,18,32H,5-6,10H2,1-4H3,(H,25,26,28)/t16-,18-/m1/s1. The molecule has 188 valence electrons. The molecule has 2 aromatic heterocycles. The number of piperidine rings is 1. The van der Waals surface area contributed by atoms with E-state index in [1.165, 1.54) is 17.3 Å². The van der Waals surface area contributed by atoms with Crippen LogP contribution in [-0.4, -0.2) is 74.6 Å². The van der Waals surface area contributed by atoms with Gasteiger partial charge in [-0.15, -0.1) is 0 Å². The fraction of sp³-hybridized carbons (Fsp3) is 0.455. The monoisotopic (exact) mass is 508 g/mol. The van der Waals surface area contributed by atoms with Gasteiger partial charge in [0.25, 0.3) is 0 Å². The molecule has 3 heterocycles. The Bertz CT molecular complexity index is 1410. The number of anilines is 1. The van der Waals surface area contributed by atoms with Gasteiger partial charge in [0, 0.05) is 31.6 Å². The molecule has 0 unspecified atom stereocenters. The van der Waals surface area contributed by atoms with Gasteiger partial charge in [0.05, 0.1) is 30.1 Å².